The molecule has 0 aromatic carbocycles. The Morgan fingerprint density at radius 1 is 1.35 bits per heavy atom. The van der Waals surface area contributed by atoms with Crippen LogP contribution in [0.2, 0.25) is 0 Å². The van der Waals surface area contributed by atoms with Crippen LogP contribution in [0, 0.1) is 0 Å². The van der Waals surface area contributed by atoms with Crippen LogP contribution < -0.4 is 11.2 Å². The third kappa shape index (κ3) is 3.05. The molecule has 0 aliphatic carbocycles. The Morgan fingerprint density at radius 3 is 2.75 bits per heavy atom. The second kappa shape index (κ2) is 5.60. The molecule has 0 bridgehead atoms. The van der Waals surface area contributed by atoms with Crippen molar-refractivity contribution in [2.45, 2.75) is 26.5 Å². The molecule has 20 heavy (non-hydrogen) atoms. The van der Waals surface area contributed by atoms with Crippen LogP contribution in [0.25, 0.3) is 0 Å². The van der Waals surface area contributed by atoms with E-state index in [4.69, 9.17) is 4.74 Å². The van der Waals surface area contributed by atoms with Gasteiger partial charge in [0.1, 0.15) is 12.3 Å². The first-order chi connectivity index (χ1) is 9.47. The molecular formula is C13H15N3O4. The van der Waals surface area contributed by atoms with Crippen molar-refractivity contribution in [2.24, 2.45) is 0 Å². The van der Waals surface area contributed by atoms with E-state index in [9.17, 15) is 14.4 Å². The highest BCUT2D eigenvalue weighted by atomic mass is 16.5. The fraction of sp³-hybridized carbons (Fsp3) is 0.308. The van der Waals surface area contributed by atoms with Crippen LogP contribution in [0.1, 0.15) is 36.1 Å². The lowest BCUT2D eigenvalue weighted by Gasteiger charge is -2.12. The fourth-order valence-corrected chi connectivity index (χ4v) is 1.83. The SMILES string of the molecule is CC(C)n1cccc1C(=O)OCc1cc(=O)[nH]c(=O)[nH]1. The van der Waals surface area contributed by atoms with Gasteiger partial charge in [-0.1, -0.05) is 0 Å². The minimum atomic E-state index is -0.630. The number of carbonyl (C=O) groups is 1. The molecule has 7 heteroatoms. The van der Waals surface area contributed by atoms with Crippen LogP contribution in [0.4, 0.5) is 0 Å². The second-order valence-electron chi connectivity index (χ2n) is 4.58. The molecule has 7 nitrogen and oxygen atoms in total. The van der Waals surface area contributed by atoms with E-state index in [-0.39, 0.29) is 18.3 Å². The molecule has 0 saturated heterocycles. The van der Waals surface area contributed by atoms with E-state index < -0.39 is 17.2 Å². The van der Waals surface area contributed by atoms with Crippen molar-refractivity contribution in [3.05, 3.63) is 56.6 Å². The van der Waals surface area contributed by atoms with Crippen LogP contribution in [0.5, 0.6) is 0 Å². The van der Waals surface area contributed by atoms with Gasteiger partial charge in [-0.15, -0.1) is 0 Å². The van der Waals surface area contributed by atoms with Gasteiger partial charge in [0.05, 0.1) is 5.69 Å². The van der Waals surface area contributed by atoms with Crippen molar-refractivity contribution in [1.82, 2.24) is 14.5 Å². The highest BCUT2D eigenvalue weighted by Gasteiger charge is 2.14. The first kappa shape index (κ1) is 13.9. The number of aromatic nitrogens is 3. The molecule has 2 heterocycles. The summed E-state index contributed by atoms with van der Waals surface area (Å²) in [5.41, 5.74) is -0.499. The summed E-state index contributed by atoms with van der Waals surface area (Å²) in [6.07, 6.45) is 1.79. The molecule has 0 aliphatic rings. The number of nitrogens with one attached hydrogen (secondary N) is 2. The fourth-order valence-electron chi connectivity index (χ4n) is 1.83. The minimum absolute atomic E-state index is 0.131. The van der Waals surface area contributed by atoms with Crippen LogP contribution in [0.3, 0.4) is 0 Å². The molecule has 2 rings (SSSR count). The Hall–Kier alpha value is -2.57. The zero-order chi connectivity index (χ0) is 14.7. The van der Waals surface area contributed by atoms with E-state index in [1.54, 1.807) is 22.9 Å². The average Bonchev–Trinajstić information content (AvgIpc) is 2.84. The summed E-state index contributed by atoms with van der Waals surface area (Å²) in [6.45, 7) is 3.73. The summed E-state index contributed by atoms with van der Waals surface area (Å²) in [7, 11) is 0. The van der Waals surface area contributed by atoms with Crippen molar-refractivity contribution in [3.63, 3.8) is 0 Å². The highest BCUT2D eigenvalue weighted by Crippen LogP contribution is 2.12. The summed E-state index contributed by atoms with van der Waals surface area (Å²) in [4.78, 5) is 38.6. The molecule has 2 N–H and O–H groups in total. The van der Waals surface area contributed by atoms with Crippen LogP contribution in [0.15, 0.2) is 34.0 Å². The number of nitrogens with zero attached hydrogens (tertiary/aromatic N) is 1. The van der Waals surface area contributed by atoms with Crippen molar-refractivity contribution in [3.8, 4) is 0 Å². The summed E-state index contributed by atoms with van der Waals surface area (Å²) >= 11 is 0. The third-order valence-electron chi connectivity index (χ3n) is 2.72. The molecule has 0 fully saturated rings. The van der Waals surface area contributed by atoms with Gasteiger partial charge in [0.2, 0.25) is 0 Å². The van der Waals surface area contributed by atoms with Gasteiger partial charge >= 0.3 is 11.7 Å². The Labute approximate surface area is 114 Å². The summed E-state index contributed by atoms with van der Waals surface area (Å²) in [6, 6.07) is 4.72. The van der Waals surface area contributed by atoms with Gasteiger partial charge in [-0.3, -0.25) is 9.78 Å². The standard InChI is InChI=1S/C13H15N3O4/c1-8(2)16-5-3-4-10(16)12(18)20-7-9-6-11(17)15-13(19)14-9/h3-6,8H,7H2,1-2H3,(H2,14,15,17,19). The Balaban J connectivity index is 2.10. The molecule has 0 saturated carbocycles. The van der Waals surface area contributed by atoms with Gasteiger partial charge in [0.15, 0.2) is 0 Å². The van der Waals surface area contributed by atoms with Crippen molar-refractivity contribution in [1.29, 1.82) is 0 Å². The van der Waals surface area contributed by atoms with Crippen LogP contribution >= 0.6 is 0 Å². The van der Waals surface area contributed by atoms with Crippen molar-refractivity contribution in [2.75, 3.05) is 0 Å². The Kier molecular flexibility index (Phi) is 3.88. The molecule has 0 aliphatic heterocycles. The first-order valence-electron chi connectivity index (χ1n) is 6.14. The topological polar surface area (TPSA) is 96.9 Å². The molecule has 0 atom stereocenters. The van der Waals surface area contributed by atoms with Gasteiger partial charge in [-0.2, -0.15) is 0 Å². The quantitative estimate of drug-likeness (QED) is 0.808. The summed E-state index contributed by atoms with van der Waals surface area (Å²) < 4.78 is 6.87. The maximum atomic E-state index is 12.0. The number of H-pyrrole nitrogens is 2. The lowest BCUT2D eigenvalue weighted by Crippen LogP contribution is -2.23. The van der Waals surface area contributed by atoms with E-state index in [1.165, 1.54) is 6.07 Å². The first-order valence-corrected chi connectivity index (χ1v) is 6.14. The minimum Gasteiger partial charge on any atom is -0.455 e. The molecule has 0 amide bonds. The average molecular weight is 277 g/mol. The molecule has 0 spiro atoms. The predicted octanol–water partition coefficient (Wildman–Crippen LogP) is 0.803. The lowest BCUT2D eigenvalue weighted by molar-refractivity contribution is 0.0452. The van der Waals surface area contributed by atoms with Gasteiger partial charge in [0, 0.05) is 18.3 Å². The number of esters is 1. The number of rotatable bonds is 4. The normalized spacial score (nSPS) is 10.8. The monoisotopic (exact) mass is 277 g/mol. The molecule has 106 valence electrons. The molecule has 2 aromatic heterocycles. The maximum absolute atomic E-state index is 12.0. The zero-order valence-corrected chi connectivity index (χ0v) is 11.2. The largest absolute Gasteiger partial charge is 0.455 e. The van der Waals surface area contributed by atoms with E-state index in [0.29, 0.717) is 5.69 Å². The van der Waals surface area contributed by atoms with Crippen molar-refractivity contribution < 1.29 is 9.53 Å². The number of aromatic amines is 2. The number of hydrogen-bond donors (Lipinski definition) is 2. The maximum Gasteiger partial charge on any atom is 0.355 e. The molecule has 2 aromatic rings. The van der Waals surface area contributed by atoms with Crippen LogP contribution in [-0.2, 0) is 11.3 Å². The summed E-state index contributed by atoms with van der Waals surface area (Å²) in [5.74, 6) is -0.509. The second-order valence-corrected chi connectivity index (χ2v) is 4.58. The number of ether oxygens (including phenoxy) is 1. The smallest absolute Gasteiger partial charge is 0.355 e. The van der Waals surface area contributed by atoms with E-state index in [2.05, 4.69) is 4.98 Å². The van der Waals surface area contributed by atoms with Gasteiger partial charge in [-0.05, 0) is 26.0 Å². The van der Waals surface area contributed by atoms with E-state index >= 15 is 0 Å². The van der Waals surface area contributed by atoms with Crippen LogP contribution in [-0.4, -0.2) is 20.5 Å². The van der Waals surface area contributed by atoms with Gasteiger partial charge in [0.25, 0.3) is 5.56 Å². The predicted molar refractivity (Wildman–Crippen MR) is 71.6 cm³/mol. The Bertz CT molecular complexity index is 695. The highest BCUT2D eigenvalue weighted by molar-refractivity contribution is 5.87. The summed E-state index contributed by atoms with van der Waals surface area (Å²) in [5, 5.41) is 0. The van der Waals surface area contributed by atoms with Gasteiger partial charge < -0.3 is 14.3 Å². The lowest BCUT2D eigenvalue weighted by atomic mass is 10.3. The van der Waals surface area contributed by atoms with Crippen molar-refractivity contribution >= 4 is 5.97 Å². The van der Waals surface area contributed by atoms with E-state index in [0.717, 1.165) is 0 Å². The number of hydrogen-bond acceptors (Lipinski definition) is 4. The van der Waals surface area contributed by atoms with E-state index in [1.807, 2.05) is 18.8 Å². The molecule has 0 unspecified atom stereocenters. The molecular weight excluding hydrogens is 262 g/mol. The van der Waals surface area contributed by atoms with Gasteiger partial charge in [-0.25, -0.2) is 9.59 Å². The molecule has 0 radical (unpaired) electrons. The Morgan fingerprint density at radius 2 is 2.10 bits per heavy atom. The third-order valence-corrected chi connectivity index (χ3v) is 2.72. The number of carbonyl (C=O) groups excluding carboxylic acids is 1. The zero-order valence-electron chi connectivity index (χ0n) is 11.2.